The van der Waals surface area contributed by atoms with E-state index in [1.807, 2.05) is 0 Å². The third-order valence-corrected chi connectivity index (χ3v) is 4.39. The fourth-order valence-electron chi connectivity index (χ4n) is 2.47. The first-order valence-corrected chi connectivity index (χ1v) is 7.75. The molecule has 1 aliphatic rings. The van der Waals surface area contributed by atoms with Crippen LogP contribution in [0.3, 0.4) is 0 Å². The van der Waals surface area contributed by atoms with Gasteiger partial charge in [-0.15, -0.1) is 0 Å². The Morgan fingerprint density at radius 2 is 2.32 bits per heavy atom. The summed E-state index contributed by atoms with van der Waals surface area (Å²) in [6.45, 7) is 7.24. The lowest BCUT2D eigenvalue weighted by molar-refractivity contribution is 0.107. The van der Waals surface area contributed by atoms with Gasteiger partial charge in [0.15, 0.2) is 0 Å². The first kappa shape index (κ1) is 15.0. The van der Waals surface area contributed by atoms with Crippen molar-refractivity contribution >= 4 is 15.9 Å². The Bertz CT molecular complexity index is 411. The van der Waals surface area contributed by atoms with Gasteiger partial charge in [0.2, 0.25) is 0 Å². The second-order valence-electron chi connectivity index (χ2n) is 5.09. The van der Waals surface area contributed by atoms with E-state index in [2.05, 4.69) is 51.3 Å². The summed E-state index contributed by atoms with van der Waals surface area (Å²) in [4.78, 5) is 2.46. The molecule has 4 heteroatoms. The second kappa shape index (κ2) is 7.39. The van der Waals surface area contributed by atoms with Crippen molar-refractivity contribution in [2.24, 2.45) is 0 Å². The predicted molar refractivity (Wildman–Crippen MR) is 82.2 cm³/mol. The number of ether oxygens (including phenoxy) is 1. The van der Waals surface area contributed by atoms with Crippen LogP contribution in [0.25, 0.3) is 0 Å². The number of methoxy groups -OCH3 is 1. The van der Waals surface area contributed by atoms with Gasteiger partial charge in [-0.25, -0.2) is 0 Å². The molecule has 1 fully saturated rings. The maximum atomic E-state index is 5.41. The van der Waals surface area contributed by atoms with Crippen LogP contribution >= 0.6 is 15.9 Å². The van der Waals surface area contributed by atoms with Crippen LogP contribution in [0, 0.1) is 0 Å². The van der Waals surface area contributed by atoms with E-state index >= 15 is 0 Å². The molecule has 1 atom stereocenters. The Hall–Kier alpha value is -0.420. The second-order valence-corrected chi connectivity index (χ2v) is 5.94. The zero-order valence-electron chi connectivity index (χ0n) is 11.8. The Morgan fingerprint density at radius 1 is 1.47 bits per heavy atom. The van der Waals surface area contributed by atoms with Gasteiger partial charge in [0.1, 0.15) is 0 Å². The minimum Gasteiger partial charge on any atom is -0.380 e. The lowest BCUT2D eigenvalue weighted by Gasteiger charge is -2.17. The molecule has 0 spiro atoms. The molecule has 0 bridgehead atoms. The Morgan fingerprint density at radius 3 is 2.95 bits per heavy atom. The van der Waals surface area contributed by atoms with Crippen molar-refractivity contribution in [2.75, 3.05) is 26.7 Å². The Balaban J connectivity index is 1.93. The fraction of sp³-hybridized carbons (Fsp3) is 0.600. The van der Waals surface area contributed by atoms with E-state index in [0.717, 1.165) is 39.1 Å². The molecule has 0 amide bonds. The molecule has 106 valence electrons. The largest absolute Gasteiger partial charge is 0.380 e. The summed E-state index contributed by atoms with van der Waals surface area (Å²) in [5.74, 6) is 0. The van der Waals surface area contributed by atoms with Crippen molar-refractivity contribution < 1.29 is 4.74 Å². The quantitative estimate of drug-likeness (QED) is 0.870. The summed E-state index contributed by atoms with van der Waals surface area (Å²) in [7, 11) is 1.81. The molecule has 0 aliphatic carbocycles. The van der Waals surface area contributed by atoms with E-state index in [4.69, 9.17) is 4.74 Å². The third-order valence-electron chi connectivity index (χ3n) is 3.65. The van der Waals surface area contributed by atoms with Gasteiger partial charge in [0, 0.05) is 37.8 Å². The summed E-state index contributed by atoms with van der Waals surface area (Å²) >= 11 is 3.69. The number of hydrogen-bond acceptors (Lipinski definition) is 3. The lowest BCUT2D eigenvalue weighted by Crippen LogP contribution is -2.22. The first-order chi connectivity index (χ1) is 9.22. The molecule has 1 heterocycles. The molecule has 1 aromatic rings. The molecule has 1 aliphatic heterocycles. The minimum absolute atomic E-state index is 0.409. The van der Waals surface area contributed by atoms with Crippen LogP contribution in [0.2, 0.25) is 0 Å². The SMILES string of the molecule is CCNCc1ccc(CN2CCC(OC)C2)c(Br)c1. The summed E-state index contributed by atoms with van der Waals surface area (Å²) in [6, 6.07) is 6.67. The first-order valence-electron chi connectivity index (χ1n) is 6.96. The molecular formula is C15H23BrN2O. The normalized spacial score (nSPS) is 20.1. The highest BCUT2D eigenvalue weighted by atomic mass is 79.9. The van der Waals surface area contributed by atoms with Gasteiger partial charge in [0.25, 0.3) is 0 Å². The zero-order valence-corrected chi connectivity index (χ0v) is 13.4. The van der Waals surface area contributed by atoms with Gasteiger partial charge in [0.05, 0.1) is 6.10 Å². The highest BCUT2D eigenvalue weighted by Crippen LogP contribution is 2.22. The fourth-order valence-corrected chi connectivity index (χ4v) is 3.02. The average molecular weight is 327 g/mol. The van der Waals surface area contributed by atoms with E-state index in [1.165, 1.54) is 15.6 Å². The Labute approximate surface area is 124 Å². The van der Waals surface area contributed by atoms with Crippen LogP contribution in [0.15, 0.2) is 22.7 Å². The third kappa shape index (κ3) is 4.28. The van der Waals surface area contributed by atoms with Gasteiger partial charge in [-0.3, -0.25) is 4.90 Å². The Kier molecular flexibility index (Phi) is 5.82. The summed E-state index contributed by atoms with van der Waals surface area (Å²) in [6.07, 6.45) is 1.55. The van der Waals surface area contributed by atoms with E-state index < -0.39 is 0 Å². The van der Waals surface area contributed by atoms with Gasteiger partial charge in [-0.1, -0.05) is 35.0 Å². The maximum absolute atomic E-state index is 5.41. The van der Waals surface area contributed by atoms with Crippen LogP contribution in [-0.2, 0) is 17.8 Å². The van der Waals surface area contributed by atoms with Gasteiger partial charge in [-0.05, 0) is 30.2 Å². The van der Waals surface area contributed by atoms with E-state index in [-0.39, 0.29) is 0 Å². The van der Waals surface area contributed by atoms with Crippen LogP contribution in [0.5, 0.6) is 0 Å². The molecule has 1 aromatic carbocycles. The standard InChI is InChI=1S/C15H23BrN2O/c1-3-17-9-12-4-5-13(15(16)8-12)10-18-7-6-14(11-18)19-2/h4-5,8,14,17H,3,6-7,9-11H2,1-2H3. The molecule has 1 unspecified atom stereocenters. The highest BCUT2D eigenvalue weighted by Gasteiger charge is 2.22. The maximum Gasteiger partial charge on any atom is 0.0710 e. The number of benzene rings is 1. The van der Waals surface area contributed by atoms with Gasteiger partial charge in [-0.2, -0.15) is 0 Å². The van der Waals surface area contributed by atoms with Crippen LogP contribution in [-0.4, -0.2) is 37.7 Å². The van der Waals surface area contributed by atoms with E-state index in [9.17, 15) is 0 Å². The van der Waals surface area contributed by atoms with Crippen molar-refractivity contribution in [3.63, 3.8) is 0 Å². The zero-order chi connectivity index (χ0) is 13.7. The average Bonchev–Trinajstić information content (AvgIpc) is 2.87. The number of rotatable bonds is 6. The van der Waals surface area contributed by atoms with Crippen molar-refractivity contribution in [3.05, 3.63) is 33.8 Å². The molecule has 0 aromatic heterocycles. The van der Waals surface area contributed by atoms with Crippen LogP contribution in [0.4, 0.5) is 0 Å². The predicted octanol–water partition coefficient (Wildman–Crippen LogP) is 2.78. The molecule has 0 saturated carbocycles. The van der Waals surface area contributed by atoms with E-state index in [1.54, 1.807) is 7.11 Å². The van der Waals surface area contributed by atoms with Crippen molar-refractivity contribution in [2.45, 2.75) is 32.5 Å². The van der Waals surface area contributed by atoms with Gasteiger partial charge >= 0.3 is 0 Å². The monoisotopic (exact) mass is 326 g/mol. The number of hydrogen-bond donors (Lipinski definition) is 1. The molecule has 1 N–H and O–H groups in total. The molecule has 1 saturated heterocycles. The molecule has 0 radical (unpaired) electrons. The van der Waals surface area contributed by atoms with Crippen LogP contribution in [0.1, 0.15) is 24.5 Å². The van der Waals surface area contributed by atoms with Crippen LogP contribution < -0.4 is 5.32 Å². The lowest BCUT2D eigenvalue weighted by atomic mass is 10.1. The van der Waals surface area contributed by atoms with E-state index in [0.29, 0.717) is 6.10 Å². The molecule has 2 rings (SSSR count). The minimum atomic E-state index is 0.409. The number of likely N-dealkylation sites (tertiary alicyclic amines) is 1. The number of nitrogens with one attached hydrogen (secondary N) is 1. The van der Waals surface area contributed by atoms with Gasteiger partial charge < -0.3 is 10.1 Å². The number of halogens is 1. The van der Waals surface area contributed by atoms with Crippen molar-refractivity contribution in [1.29, 1.82) is 0 Å². The van der Waals surface area contributed by atoms with Crippen molar-refractivity contribution in [3.8, 4) is 0 Å². The number of nitrogens with zero attached hydrogens (tertiary/aromatic N) is 1. The topological polar surface area (TPSA) is 24.5 Å². The summed E-state index contributed by atoms with van der Waals surface area (Å²) in [5, 5.41) is 3.35. The molecule has 3 nitrogen and oxygen atoms in total. The smallest absolute Gasteiger partial charge is 0.0710 e. The summed E-state index contributed by atoms with van der Waals surface area (Å²) in [5.41, 5.74) is 2.69. The summed E-state index contributed by atoms with van der Waals surface area (Å²) < 4.78 is 6.62. The highest BCUT2D eigenvalue weighted by molar-refractivity contribution is 9.10. The van der Waals surface area contributed by atoms with Crippen molar-refractivity contribution in [1.82, 2.24) is 10.2 Å². The molecular weight excluding hydrogens is 304 g/mol. The molecule has 19 heavy (non-hydrogen) atoms.